The third kappa shape index (κ3) is 14.8. The summed E-state index contributed by atoms with van der Waals surface area (Å²) in [6, 6.07) is -4.49. The summed E-state index contributed by atoms with van der Waals surface area (Å²) in [4.78, 5) is 36.2. The van der Waals surface area contributed by atoms with E-state index in [0.29, 0.717) is 0 Å². The van der Waals surface area contributed by atoms with Crippen molar-refractivity contribution in [3.8, 4) is 0 Å². The van der Waals surface area contributed by atoms with Gasteiger partial charge < -0.3 is 160 Å². The molecular weight excluding hydrogens is 1080 g/mol. The maximum atomic E-state index is 13.2. The molecule has 458 valence electrons. The zero-order chi connectivity index (χ0) is 58.3. The Labute approximate surface area is 448 Å². The third-order valence-electron chi connectivity index (χ3n) is 14.2. The van der Waals surface area contributed by atoms with Crippen LogP contribution in [0.15, 0.2) is 0 Å². The molecule has 31 atom stereocenters. The Morgan fingerprint density at radius 2 is 0.835 bits per heavy atom. The molecule has 0 aromatic carbocycles. The highest BCUT2D eigenvalue weighted by atomic mass is 16.8. The molecule has 0 saturated carbocycles. The first-order chi connectivity index (χ1) is 37.5. The molecule has 3 amide bonds. The average Bonchev–Trinajstić information content (AvgIpc) is 3.46. The highest BCUT2D eigenvalue weighted by Gasteiger charge is 2.59. The number of rotatable bonds is 23. The number of aliphatic hydroxyl groups excluding tert-OH is 17. The van der Waals surface area contributed by atoms with Gasteiger partial charge in [-0.2, -0.15) is 0 Å². The normalized spacial score (nSPS) is 47.2. The first-order valence-electron chi connectivity index (χ1n) is 25.2. The Morgan fingerprint density at radius 1 is 0.430 bits per heavy atom. The Balaban J connectivity index is 1.32. The molecule has 6 aliphatic heterocycles. The van der Waals surface area contributed by atoms with E-state index in [1.54, 1.807) is 0 Å². The molecule has 0 aromatic heterocycles. The highest BCUT2D eigenvalue weighted by molar-refractivity contribution is 5.73. The van der Waals surface area contributed by atoms with E-state index in [9.17, 15) is 101 Å². The minimum Gasteiger partial charge on any atom is -0.394 e. The average molecular weight is 1160 g/mol. The van der Waals surface area contributed by atoms with Gasteiger partial charge in [-0.15, -0.1) is 0 Å². The van der Waals surface area contributed by atoms with Crippen LogP contribution >= 0.6 is 0 Å². The highest BCUT2D eigenvalue weighted by Crippen LogP contribution is 2.38. The van der Waals surface area contributed by atoms with Gasteiger partial charge in [0, 0.05) is 13.8 Å². The lowest BCUT2D eigenvalue weighted by atomic mass is 9.93. The van der Waals surface area contributed by atoms with E-state index in [1.165, 1.54) is 6.92 Å². The van der Waals surface area contributed by atoms with Gasteiger partial charge in [0.2, 0.25) is 18.2 Å². The van der Waals surface area contributed by atoms with Gasteiger partial charge in [0.1, 0.15) is 140 Å². The Bertz CT molecular complexity index is 1910. The fourth-order valence-corrected chi connectivity index (χ4v) is 9.84. The van der Waals surface area contributed by atoms with Crippen molar-refractivity contribution in [2.45, 2.75) is 211 Å². The molecule has 6 saturated heterocycles. The summed E-state index contributed by atoms with van der Waals surface area (Å²) in [6.07, 6.45) is -53.1. The van der Waals surface area contributed by atoms with Crippen molar-refractivity contribution in [3.63, 3.8) is 0 Å². The molecule has 0 unspecified atom stereocenters. The van der Waals surface area contributed by atoms with E-state index in [1.807, 2.05) is 0 Å². The number of aliphatic hydroxyl groups is 17. The summed E-state index contributed by atoms with van der Waals surface area (Å²) in [6.45, 7) is -2.80. The van der Waals surface area contributed by atoms with Crippen molar-refractivity contribution in [2.75, 3.05) is 46.2 Å². The van der Waals surface area contributed by atoms with Crippen LogP contribution in [0.2, 0.25) is 0 Å². The van der Waals surface area contributed by atoms with Crippen LogP contribution in [0.1, 0.15) is 20.8 Å². The molecule has 6 rings (SSSR count). The van der Waals surface area contributed by atoms with Gasteiger partial charge in [0.05, 0.1) is 58.4 Å². The van der Waals surface area contributed by atoms with Crippen LogP contribution in [0.25, 0.3) is 0 Å². The topological polar surface area (TPSA) is 542 Å². The smallest absolute Gasteiger partial charge is 0.217 e. The number of nitrogens with one attached hydrogen (secondary N) is 3. The summed E-state index contributed by atoms with van der Waals surface area (Å²) in [5, 5.41) is 191. The van der Waals surface area contributed by atoms with Crippen LogP contribution in [0.4, 0.5) is 0 Å². The number of hydrogen-bond donors (Lipinski definition) is 20. The fraction of sp³-hybridized carbons (Fsp3) is 0.932. The van der Waals surface area contributed by atoms with Gasteiger partial charge >= 0.3 is 0 Å². The van der Waals surface area contributed by atoms with Crippen LogP contribution in [-0.2, 0) is 71.2 Å². The molecule has 6 aliphatic rings. The van der Waals surface area contributed by atoms with Gasteiger partial charge in [-0.1, -0.05) is 0 Å². The molecule has 35 heteroatoms. The molecule has 6 heterocycles. The minimum atomic E-state index is -2.24. The zero-order valence-corrected chi connectivity index (χ0v) is 42.7. The lowest BCUT2D eigenvalue weighted by Crippen LogP contribution is -2.71. The summed E-state index contributed by atoms with van der Waals surface area (Å²) < 4.78 is 70.2. The third-order valence-corrected chi connectivity index (χ3v) is 14.2. The second-order valence-corrected chi connectivity index (χ2v) is 19.7. The maximum absolute atomic E-state index is 13.2. The number of hydrogen-bond acceptors (Lipinski definition) is 32. The molecule has 0 radical (unpaired) electrons. The molecule has 79 heavy (non-hydrogen) atoms. The molecule has 20 N–H and O–H groups in total. The predicted octanol–water partition coefficient (Wildman–Crippen LogP) is -13.7. The fourth-order valence-electron chi connectivity index (χ4n) is 9.84. The summed E-state index contributed by atoms with van der Waals surface area (Å²) in [5.41, 5.74) is 0. The molecule has 35 nitrogen and oxygen atoms in total. The largest absolute Gasteiger partial charge is 0.394 e. The number of carbonyl (C=O) groups excluding carboxylic acids is 3. The van der Waals surface area contributed by atoms with Crippen molar-refractivity contribution in [1.82, 2.24) is 16.0 Å². The van der Waals surface area contributed by atoms with Crippen molar-refractivity contribution < 1.29 is 158 Å². The molecular formula is C44H75N3O32. The minimum absolute atomic E-state index is 0.272. The summed E-state index contributed by atoms with van der Waals surface area (Å²) in [7, 11) is 0. The molecule has 6 fully saturated rings. The Hall–Kier alpha value is -2.75. The number of carbonyl (C=O) groups is 3. The van der Waals surface area contributed by atoms with Crippen molar-refractivity contribution >= 4 is 18.2 Å². The van der Waals surface area contributed by atoms with Gasteiger partial charge in [-0.25, -0.2) is 0 Å². The Kier molecular flexibility index (Phi) is 24.2. The van der Waals surface area contributed by atoms with E-state index in [0.717, 1.165) is 13.8 Å². The second kappa shape index (κ2) is 29.2. The van der Waals surface area contributed by atoms with Crippen molar-refractivity contribution in [2.24, 2.45) is 0 Å². The van der Waals surface area contributed by atoms with Crippen molar-refractivity contribution in [1.29, 1.82) is 0 Å². The van der Waals surface area contributed by atoms with Gasteiger partial charge in [-0.05, 0) is 6.92 Å². The van der Waals surface area contributed by atoms with Crippen LogP contribution in [0.3, 0.4) is 0 Å². The van der Waals surface area contributed by atoms with Crippen molar-refractivity contribution in [3.05, 3.63) is 0 Å². The van der Waals surface area contributed by atoms with E-state index in [2.05, 4.69) is 16.0 Å². The van der Waals surface area contributed by atoms with E-state index < -0.39 is 248 Å². The summed E-state index contributed by atoms with van der Waals surface area (Å²) >= 11 is 0. The lowest BCUT2D eigenvalue weighted by Gasteiger charge is -2.52. The van der Waals surface area contributed by atoms with Crippen LogP contribution < -0.4 is 16.0 Å². The predicted molar refractivity (Wildman–Crippen MR) is 245 cm³/mol. The first kappa shape index (κ1) is 65.4. The van der Waals surface area contributed by atoms with Gasteiger partial charge in [0.15, 0.2) is 37.7 Å². The SMILES string of the molecule is CC(=O)N[C@H]1[C@@H](O[C@H]2[C@@H](O)[C@@H](CO)O[C@@H](O[C@H]3[C@H](O[C@@H]4O[C@@H](C)[C@@H](O)[C@@H](O)[C@@H]4O)[C@@H](NC(C)=O)[C@H](O[C@H]4[C@@H](O)[C@@H](CO)O[C@@H](O[C@H]5[C@H](O)[C@@H](O)[C@H](OC[C@@H](CO)NC=O)O[C@@H]5CO)[C@@H]4O)O[C@@H]3CO)[C@@H]2O)O[C@H](CO)[C@H](O)[C@@H]1O. The monoisotopic (exact) mass is 1160 g/mol. The number of ether oxygens (including phenoxy) is 12. The quantitative estimate of drug-likeness (QED) is 0.0423. The van der Waals surface area contributed by atoms with Crippen LogP contribution in [0, 0.1) is 0 Å². The molecule has 0 bridgehead atoms. The molecule has 0 spiro atoms. The van der Waals surface area contributed by atoms with Crippen LogP contribution in [0.5, 0.6) is 0 Å². The van der Waals surface area contributed by atoms with E-state index in [4.69, 9.17) is 56.8 Å². The maximum Gasteiger partial charge on any atom is 0.217 e. The molecule has 0 aliphatic carbocycles. The van der Waals surface area contributed by atoms with Crippen LogP contribution in [-0.4, -0.2) is 341 Å². The van der Waals surface area contributed by atoms with E-state index in [-0.39, 0.29) is 6.41 Å². The lowest BCUT2D eigenvalue weighted by molar-refractivity contribution is -0.395. The summed E-state index contributed by atoms with van der Waals surface area (Å²) in [5.74, 6) is -1.69. The van der Waals surface area contributed by atoms with E-state index >= 15 is 0 Å². The second-order valence-electron chi connectivity index (χ2n) is 19.7. The Morgan fingerprint density at radius 3 is 1.34 bits per heavy atom. The number of amides is 3. The van der Waals surface area contributed by atoms with Gasteiger partial charge in [-0.3, -0.25) is 14.4 Å². The molecule has 0 aromatic rings. The first-order valence-corrected chi connectivity index (χ1v) is 25.2. The standard InChI is InChI=1S/C44H75N3O32/c1-12-23(57)28(62)30(64)42(69-12)77-36-22(47-14(3)56)40(79-38-26(60)17(6-50)71-43(32(38)66)75-34-19(8-52)74-41(31(65)29(34)63)68-10-15(4-48)45-11-54)73-20(9-53)35(36)76-44-33(67)37(25(59)18(7-51)72-44)78-39-21(46-13(2)55)27(61)24(58)16(5-49)70-39/h11-12,15-44,48-53,57-67H,4-10H2,1-3H3,(H,45,54)(H,46,55)(H,47,56)/t12-,15+,16+,17+,18+,19+,20+,21+,22+,23+,24-,25-,26-,27+,28+,29+,30-,31+,32+,33+,34+,35+,36+,37-,38-,39+,40-,41+,42-,43-,44-/m0/s1. The van der Waals surface area contributed by atoms with Gasteiger partial charge in [0.25, 0.3) is 0 Å². The zero-order valence-electron chi connectivity index (χ0n) is 42.7.